The fourth-order valence-corrected chi connectivity index (χ4v) is 2.26. The Morgan fingerprint density at radius 2 is 1.25 bits per heavy atom. The van der Waals surface area contributed by atoms with Gasteiger partial charge in [-0.25, -0.2) is 4.79 Å². The van der Waals surface area contributed by atoms with E-state index in [0.717, 1.165) is 0 Å². The molecule has 0 bridgehead atoms. The van der Waals surface area contributed by atoms with Crippen LogP contribution < -0.4 is 9.47 Å². The number of rotatable bonds is 6. The second-order valence-corrected chi connectivity index (χ2v) is 5.52. The van der Waals surface area contributed by atoms with Gasteiger partial charge in [-0.15, -0.1) is 0 Å². The summed E-state index contributed by atoms with van der Waals surface area (Å²) in [5.74, 6) is 0.275. The first kappa shape index (κ1) is 18.5. The van der Waals surface area contributed by atoms with Gasteiger partial charge in [0.15, 0.2) is 0 Å². The summed E-state index contributed by atoms with van der Waals surface area (Å²) >= 11 is 0. The Morgan fingerprint density at radius 3 is 1.82 bits per heavy atom. The van der Waals surface area contributed by atoms with E-state index in [9.17, 15) is 25.0 Å². The molecule has 9 heteroatoms. The van der Waals surface area contributed by atoms with Gasteiger partial charge in [0.2, 0.25) is 0 Å². The average molecular weight is 380 g/mol. The van der Waals surface area contributed by atoms with Crippen LogP contribution in [0.15, 0.2) is 72.8 Å². The Labute approximate surface area is 158 Å². The van der Waals surface area contributed by atoms with Crippen molar-refractivity contribution in [3.63, 3.8) is 0 Å². The number of carbonyl (C=O) groups is 1. The molecule has 0 aliphatic heterocycles. The fourth-order valence-electron chi connectivity index (χ4n) is 2.26. The van der Waals surface area contributed by atoms with Gasteiger partial charge in [0.05, 0.1) is 15.4 Å². The molecule has 28 heavy (non-hydrogen) atoms. The number of carbonyl (C=O) groups excluding carboxylic acids is 1. The summed E-state index contributed by atoms with van der Waals surface area (Å²) in [6.45, 7) is 0. The highest BCUT2D eigenvalue weighted by Gasteiger charge is 2.12. The van der Waals surface area contributed by atoms with Crippen LogP contribution >= 0.6 is 0 Å². The largest absolute Gasteiger partial charge is 0.457 e. The van der Waals surface area contributed by atoms with Crippen LogP contribution in [0.4, 0.5) is 11.4 Å². The van der Waals surface area contributed by atoms with E-state index in [2.05, 4.69) is 0 Å². The van der Waals surface area contributed by atoms with Gasteiger partial charge < -0.3 is 9.47 Å². The molecule has 0 unspecified atom stereocenters. The molecule has 0 aliphatic carbocycles. The molecule has 0 heterocycles. The third-order valence-corrected chi connectivity index (χ3v) is 3.61. The smallest absolute Gasteiger partial charge is 0.343 e. The molecule has 0 atom stereocenters. The summed E-state index contributed by atoms with van der Waals surface area (Å²) in [5, 5.41) is 21.3. The molecule has 0 saturated carbocycles. The van der Waals surface area contributed by atoms with Gasteiger partial charge in [0.25, 0.3) is 11.4 Å². The third-order valence-electron chi connectivity index (χ3n) is 3.61. The summed E-state index contributed by atoms with van der Waals surface area (Å²) in [4.78, 5) is 32.4. The maximum Gasteiger partial charge on any atom is 0.343 e. The fraction of sp³-hybridized carbons (Fsp3) is 0. The molecule has 0 radical (unpaired) electrons. The molecule has 0 amide bonds. The van der Waals surface area contributed by atoms with Crippen LogP contribution in [0.3, 0.4) is 0 Å². The zero-order valence-corrected chi connectivity index (χ0v) is 14.2. The lowest BCUT2D eigenvalue weighted by Gasteiger charge is -2.08. The number of hydrogen-bond acceptors (Lipinski definition) is 7. The van der Waals surface area contributed by atoms with Crippen molar-refractivity contribution in [1.29, 1.82) is 0 Å². The number of nitro groups is 2. The molecule has 140 valence electrons. The SMILES string of the molecule is O=C(Oc1cccc(Oc2ccc([N+](=O)[O-])cc2)c1)c1ccc([N+](=O)[O-])cc1. The van der Waals surface area contributed by atoms with Crippen molar-refractivity contribution in [2.24, 2.45) is 0 Å². The van der Waals surface area contributed by atoms with E-state index in [-0.39, 0.29) is 22.7 Å². The topological polar surface area (TPSA) is 122 Å². The van der Waals surface area contributed by atoms with Crippen molar-refractivity contribution in [2.45, 2.75) is 0 Å². The van der Waals surface area contributed by atoms with Crippen LogP contribution in [0.1, 0.15) is 10.4 Å². The maximum atomic E-state index is 12.2. The number of nitro benzene ring substituents is 2. The van der Waals surface area contributed by atoms with Gasteiger partial charge in [-0.3, -0.25) is 20.2 Å². The van der Waals surface area contributed by atoms with Crippen LogP contribution in [0, 0.1) is 20.2 Å². The Balaban J connectivity index is 1.69. The molecular formula is C19H12N2O7. The van der Waals surface area contributed by atoms with Gasteiger partial charge in [-0.2, -0.15) is 0 Å². The predicted octanol–water partition coefficient (Wildman–Crippen LogP) is 4.51. The quantitative estimate of drug-likeness (QED) is 0.267. The van der Waals surface area contributed by atoms with Crippen molar-refractivity contribution >= 4 is 17.3 Å². The monoisotopic (exact) mass is 380 g/mol. The highest BCUT2D eigenvalue weighted by Crippen LogP contribution is 2.27. The van der Waals surface area contributed by atoms with E-state index in [0.29, 0.717) is 11.5 Å². The van der Waals surface area contributed by atoms with E-state index in [4.69, 9.17) is 9.47 Å². The first-order chi connectivity index (χ1) is 13.4. The Morgan fingerprint density at radius 1 is 0.714 bits per heavy atom. The van der Waals surface area contributed by atoms with E-state index in [1.807, 2.05) is 0 Å². The van der Waals surface area contributed by atoms with Crippen molar-refractivity contribution < 1.29 is 24.1 Å². The summed E-state index contributed by atoms with van der Waals surface area (Å²) in [5.41, 5.74) is -0.0273. The van der Waals surface area contributed by atoms with Crippen molar-refractivity contribution in [1.82, 2.24) is 0 Å². The number of ether oxygens (including phenoxy) is 2. The van der Waals surface area contributed by atoms with Crippen LogP contribution in [0.2, 0.25) is 0 Å². The van der Waals surface area contributed by atoms with Crippen LogP contribution in [-0.2, 0) is 0 Å². The number of esters is 1. The number of benzene rings is 3. The summed E-state index contributed by atoms with van der Waals surface area (Å²) in [6.07, 6.45) is 0. The van der Waals surface area contributed by atoms with E-state index >= 15 is 0 Å². The number of non-ortho nitro benzene ring substituents is 2. The maximum absolute atomic E-state index is 12.2. The number of nitrogens with zero attached hydrogens (tertiary/aromatic N) is 2. The van der Waals surface area contributed by atoms with Gasteiger partial charge >= 0.3 is 5.97 Å². The summed E-state index contributed by atoms with van der Waals surface area (Å²) in [6, 6.07) is 16.8. The molecule has 0 saturated heterocycles. The Kier molecular flexibility index (Phi) is 5.26. The predicted molar refractivity (Wildman–Crippen MR) is 97.7 cm³/mol. The molecule has 9 nitrogen and oxygen atoms in total. The van der Waals surface area contributed by atoms with Crippen LogP contribution in [0.5, 0.6) is 17.2 Å². The highest BCUT2D eigenvalue weighted by molar-refractivity contribution is 5.91. The van der Waals surface area contributed by atoms with Gasteiger partial charge in [0.1, 0.15) is 17.2 Å². The molecule has 0 N–H and O–H groups in total. The molecule has 0 aliphatic rings. The lowest BCUT2D eigenvalue weighted by atomic mass is 10.2. The van der Waals surface area contributed by atoms with Gasteiger partial charge in [0, 0.05) is 30.3 Å². The lowest BCUT2D eigenvalue weighted by Crippen LogP contribution is -2.08. The average Bonchev–Trinajstić information content (AvgIpc) is 2.68. The van der Waals surface area contributed by atoms with Gasteiger partial charge in [-0.05, 0) is 36.4 Å². The summed E-state index contributed by atoms with van der Waals surface area (Å²) < 4.78 is 10.8. The lowest BCUT2D eigenvalue weighted by molar-refractivity contribution is -0.385. The molecule has 0 fully saturated rings. The Hall–Kier alpha value is -4.27. The minimum atomic E-state index is -0.678. The first-order valence-electron chi connectivity index (χ1n) is 7.91. The highest BCUT2D eigenvalue weighted by atomic mass is 16.6. The normalized spacial score (nSPS) is 10.1. The zero-order chi connectivity index (χ0) is 20.1. The first-order valence-corrected chi connectivity index (χ1v) is 7.91. The van der Waals surface area contributed by atoms with E-state index < -0.39 is 15.8 Å². The van der Waals surface area contributed by atoms with Crippen molar-refractivity contribution in [2.75, 3.05) is 0 Å². The molecule has 0 spiro atoms. The van der Waals surface area contributed by atoms with E-state index in [1.165, 1.54) is 54.6 Å². The third kappa shape index (κ3) is 4.47. The summed E-state index contributed by atoms with van der Waals surface area (Å²) in [7, 11) is 0. The van der Waals surface area contributed by atoms with Crippen molar-refractivity contribution in [3.8, 4) is 17.2 Å². The number of hydrogen-bond donors (Lipinski definition) is 0. The minimum Gasteiger partial charge on any atom is -0.457 e. The van der Waals surface area contributed by atoms with E-state index in [1.54, 1.807) is 18.2 Å². The Bertz CT molecular complexity index is 1030. The molecule has 3 aromatic rings. The van der Waals surface area contributed by atoms with Crippen LogP contribution in [-0.4, -0.2) is 15.8 Å². The molecule has 3 aromatic carbocycles. The van der Waals surface area contributed by atoms with Crippen LogP contribution in [0.25, 0.3) is 0 Å². The second kappa shape index (κ2) is 7.96. The standard InChI is InChI=1S/C19H12N2O7/c22-19(13-4-6-14(7-5-13)20(23)24)28-18-3-1-2-17(12-18)27-16-10-8-15(9-11-16)21(25)26/h1-12H. The van der Waals surface area contributed by atoms with Gasteiger partial charge in [-0.1, -0.05) is 6.07 Å². The van der Waals surface area contributed by atoms with Crippen molar-refractivity contribution in [3.05, 3.63) is 98.6 Å². The zero-order valence-electron chi connectivity index (χ0n) is 14.2. The second-order valence-electron chi connectivity index (χ2n) is 5.52. The molecular weight excluding hydrogens is 368 g/mol. The molecule has 3 rings (SSSR count). The minimum absolute atomic E-state index is 0.0573. The molecule has 0 aromatic heterocycles.